The Balaban J connectivity index is 1.57. The van der Waals surface area contributed by atoms with Crippen molar-refractivity contribution in [1.29, 1.82) is 0 Å². The molecule has 1 aromatic heterocycles. The van der Waals surface area contributed by atoms with Gasteiger partial charge in [0.05, 0.1) is 12.1 Å². The highest BCUT2D eigenvalue weighted by molar-refractivity contribution is 5.81. The van der Waals surface area contributed by atoms with Gasteiger partial charge in [-0.15, -0.1) is 0 Å². The van der Waals surface area contributed by atoms with E-state index in [0.717, 1.165) is 43.4 Å². The summed E-state index contributed by atoms with van der Waals surface area (Å²) in [6.45, 7) is 1.96. The predicted molar refractivity (Wildman–Crippen MR) is 102 cm³/mol. The van der Waals surface area contributed by atoms with Crippen molar-refractivity contribution in [2.24, 2.45) is 13.0 Å². The smallest absolute Gasteiger partial charge is 0.228 e. The van der Waals surface area contributed by atoms with E-state index < -0.39 is 0 Å². The van der Waals surface area contributed by atoms with Crippen LogP contribution in [0.25, 0.3) is 0 Å². The zero-order valence-electron chi connectivity index (χ0n) is 15.8. The zero-order chi connectivity index (χ0) is 18.8. The summed E-state index contributed by atoms with van der Waals surface area (Å²) < 4.78 is 15.4. The molecule has 1 aliphatic heterocycles. The highest BCUT2D eigenvalue weighted by Gasteiger charge is 2.39. The van der Waals surface area contributed by atoms with E-state index >= 15 is 0 Å². The lowest BCUT2D eigenvalue weighted by Gasteiger charge is -2.33. The number of amides is 1. The molecule has 2 aliphatic rings. The van der Waals surface area contributed by atoms with E-state index in [1.165, 1.54) is 6.07 Å². The van der Waals surface area contributed by atoms with Crippen molar-refractivity contribution in [3.8, 4) is 0 Å². The Bertz CT molecular complexity index is 799. The Morgan fingerprint density at radius 1 is 1.33 bits per heavy atom. The number of benzene rings is 1. The average Bonchev–Trinajstić information content (AvgIpc) is 3.40. The number of aromatic nitrogens is 2. The van der Waals surface area contributed by atoms with Gasteiger partial charge in [0, 0.05) is 44.8 Å². The minimum Gasteiger partial charge on any atom is -0.335 e. The molecule has 0 unspecified atom stereocenters. The van der Waals surface area contributed by atoms with Crippen LogP contribution in [0.5, 0.6) is 0 Å². The second-order valence-corrected chi connectivity index (χ2v) is 7.85. The van der Waals surface area contributed by atoms with Gasteiger partial charge in [-0.05, 0) is 36.1 Å². The first kappa shape index (κ1) is 18.2. The van der Waals surface area contributed by atoms with Gasteiger partial charge in [-0.3, -0.25) is 9.48 Å². The largest absolute Gasteiger partial charge is 0.335 e. The minimum absolute atomic E-state index is 0.0941. The number of carbonyl (C=O) groups is 1. The van der Waals surface area contributed by atoms with Gasteiger partial charge in [0.1, 0.15) is 5.82 Å². The molecule has 2 fully saturated rings. The molecule has 0 bridgehead atoms. The van der Waals surface area contributed by atoms with Crippen molar-refractivity contribution in [2.75, 3.05) is 13.1 Å². The van der Waals surface area contributed by atoms with Crippen molar-refractivity contribution in [3.05, 3.63) is 53.6 Å². The molecule has 1 aliphatic carbocycles. The summed E-state index contributed by atoms with van der Waals surface area (Å²) in [7, 11) is 1.90. The van der Waals surface area contributed by atoms with Gasteiger partial charge < -0.3 is 10.2 Å². The molecular weight excluding hydrogens is 343 g/mol. The zero-order valence-corrected chi connectivity index (χ0v) is 15.8. The van der Waals surface area contributed by atoms with Gasteiger partial charge in [0.2, 0.25) is 5.91 Å². The van der Waals surface area contributed by atoms with Crippen LogP contribution in [0.3, 0.4) is 0 Å². The molecule has 0 radical (unpaired) electrons. The lowest BCUT2D eigenvalue weighted by molar-refractivity contribution is -0.138. The highest BCUT2D eigenvalue weighted by Crippen LogP contribution is 2.33. The van der Waals surface area contributed by atoms with Crippen LogP contribution in [0.1, 0.15) is 42.7 Å². The standard InChI is InChI=1S/C21H27FN4O/c1-25-14-16(10-24-25)19-11-23-12-20(19)21(27)26(18-7-2-3-8-18)13-15-5-4-6-17(22)9-15/h4-6,9-10,14,18-20,23H,2-3,7-8,11-13H2,1H3/t19-,20+/m1/s1. The fraction of sp³-hybridized carbons (Fsp3) is 0.524. The van der Waals surface area contributed by atoms with Crippen molar-refractivity contribution in [3.63, 3.8) is 0 Å². The molecule has 0 spiro atoms. The summed E-state index contributed by atoms with van der Waals surface area (Å²) >= 11 is 0. The molecule has 1 saturated carbocycles. The van der Waals surface area contributed by atoms with Crippen molar-refractivity contribution >= 4 is 5.91 Å². The van der Waals surface area contributed by atoms with Gasteiger partial charge in [-0.1, -0.05) is 25.0 Å². The molecule has 6 heteroatoms. The first-order valence-electron chi connectivity index (χ1n) is 9.86. The van der Waals surface area contributed by atoms with Crippen LogP contribution >= 0.6 is 0 Å². The maximum absolute atomic E-state index is 13.7. The Morgan fingerprint density at radius 2 is 2.15 bits per heavy atom. The third-order valence-electron chi connectivity index (χ3n) is 5.97. The molecule has 1 amide bonds. The molecule has 4 rings (SSSR count). The average molecular weight is 370 g/mol. The topological polar surface area (TPSA) is 50.2 Å². The lowest BCUT2D eigenvalue weighted by atomic mass is 9.89. The van der Waals surface area contributed by atoms with Gasteiger partial charge in [0.15, 0.2) is 0 Å². The Morgan fingerprint density at radius 3 is 2.85 bits per heavy atom. The summed E-state index contributed by atoms with van der Waals surface area (Å²) in [6.07, 6.45) is 8.27. The van der Waals surface area contributed by atoms with Crippen molar-refractivity contribution < 1.29 is 9.18 Å². The second kappa shape index (κ2) is 7.80. The molecule has 27 heavy (non-hydrogen) atoms. The van der Waals surface area contributed by atoms with E-state index in [-0.39, 0.29) is 29.6 Å². The minimum atomic E-state index is -0.248. The van der Waals surface area contributed by atoms with Gasteiger partial charge >= 0.3 is 0 Å². The Kier molecular flexibility index (Phi) is 5.25. The first-order chi connectivity index (χ1) is 13.1. The fourth-order valence-electron chi connectivity index (χ4n) is 4.57. The molecule has 1 aromatic carbocycles. The van der Waals surface area contributed by atoms with Crippen LogP contribution in [0, 0.1) is 11.7 Å². The molecule has 144 valence electrons. The van der Waals surface area contributed by atoms with Crippen molar-refractivity contribution in [1.82, 2.24) is 20.0 Å². The third kappa shape index (κ3) is 3.90. The Hall–Kier alpha value is -2.21. The molecule has 1 saturated heterocycles. The summed E-state index contributed by atoms with van der Waals surface area (Å²) in [5.74, 6) is -0.0157. The lowest BCUT2D eigenvalue weighted by Crippen LogP contribution is -2.43. The maximum Gasteiger partial charge on any atom is 0.228 e. The van der Waals surface area contributed by atoms with E-state index in [0.29, 0.717) is 13.1 Å². The normalized spacial score (nSPS) is 23.0. The number of hydrogen-bond acceptors (Lipinski definition) is 3. The number of nitrogens with one attached hydrogen (secondary N) is 1. The van der Waals surface area contributed by atoms with E-state index in [1.807, 2.05) is 30.4 Å². The van der Waals surface area contributed by atoms with Gasteiger partial charge in [-0.2, -0.15) is 5.10 Å². The summed E-state index contributed by atoms with van der Waals surface area (Å²) in [5, 5.41) is 7.66. The number of carbonyl (C=O) groups excluding carboxylic acids is 1. The molecule has 5 nitrogen and oxygen atoms in total. The van der Waals surface area contributed by atoms with E-state index in [2.05, 4.69) is 10.4 Å². The molecule has 2 atom stereocenters. The van der Waals surface area contributed by atoms with Crippen LogP contribution in [-0.4, -0.2) is 39.7 Å². The molecule has 2 heterocycles. The number of rotatable bonds is 5. The quantitative estimate of drug-likeness (QED) is 0.881. The van der Waals surface area contributed by atoms with E-state index in [4.69, 9.17) is 0 Å². The predicted octanol–water partition coefficient (Wildman–Crippen LogP) is 2.83. The molecular formula is C21H27FN4O. The number of aryl methyl sites for hydroxylation is 1. The number of nitrogens with zero attached hydrogens (tertiary/aromatic N) is 3. The highest BCUT2D eigenvalue weighted by atomic mass is 19.1. The van der Waals surface area contributed by atoms with Crippen molar-refractivity contribution in [2.45, 2.75) is 44.2 Å². The van der Waals surface area contributed by atoms with Crippen LogP contribution in [0.2, 0.25) is 0 Å². The van der Waals surface area contributed by atoms with Crippen LogP contribution in [-0.2, 0) is 18.4 Å². The van der Waals surface area contributed by atoms with E-state index in [1.54, 1.807) is 16.8 Å². The maximum atomic E-state index is 13.7. The summed E-state index contributed by atoms with van der Waals surface area (Å²) in [4.78, 5) is 15.6. The van der Waals surface area contributed by atoms with Gasteiger partial charge in [-0.25, -0.2) is 4.39 Å². The van der Waals surface area contributed by atoms with Crippen LogP contribution in [0.15, 0.2) is 36.7 Å². The fourth-order valence-corrected chi connectivity index (χ4v) is 4.57. The first-order valence-corrected chi connectivity index (χ1v) is 9.86. The number of halogens is 1. The molecule has 2 aromatic rings. The summed E-state index contributed by atoms with van der Waals surface area (Å²) in [6, 6.07) is 6.88. The second-order valence-electron chi connectivity index (χ2n) is 7.85. The van der Waals surface area contributed by atoms with Gasteiger partial charge in [0.25, 0.3) is 0 Å². The molecule has 1 N–H and O–H groups in total. The van der Waals surface area contributed by atoms with E-state index in [9.17, 15) is 9.18 Å². The third-order valence-corrected chi connectivity index (χ3v) is 5.97. The summed E-state index contributed by atoms with van der Waals surface area (Å²) in [5.41, 5.74) is 1.97. The Labute approximate surface area is 159 Å². The van der Waals surface area contributed by atoms with Crippen LogP contribution in [0.4, 0.5) is 4.39 Å². The monoisotopic (exact) mass is 370 g/mol. The van der Waals surface area contributed by atoms with Crippen LogP contribution < -0.4 is 5.32 Å². The number of hydrogen-bond donors (Lipinski definition) is 1. The SMILES string of the molecule is Cn1cc([C@H]2CNC[C@@H]2C(=O)N(Cc2cccc(F)c2)C2CCCC2)cn1.